The van der Waals surface area contributed by atoms with Gasteiger partial charge in [0.15, 0.2) is 5.82 Å². The second kappa shape index (κ2) is 3.14. The first-order valence-electron chi connectivity index (χ1n) is 4.38. The van der Waals surface area contributed by atoms with E-state index in [4.69, 9.17) is 5.73 Å². The van der Waals surface area contributed by atoms with E-state index in [1.807, 2.05) is 36.7 Å². The molecule has 14 heavy (non-hydrogen) atoms. The summed E-state index contributed by atoms with van der Waals surface area (Å²) in [6.07, 6.45) is 1.67. The van der Waals surface area contributed by atoms with E-state index in [0.29, 0.717) is 0 Å². The number of nitrogens with two attached hydrogens (primary N) is 1. The van der Waals surface area contributed by atoms with Crippen LogP contribution in [0, 0.1) is 6.92 Å². The highest BCUT2D eigenvalue weighted by molar-refractivity contribution is 5.62. The molecule has 0 aliphatic heterocycles. The van der Waals surface area contributed by atoms with Crippen molar-refractivity contribution >= 4 is 5.69 Å². The molecule has 0 atom stereocenters. The van der Waals surface area contributed by atoms with Gasteiger partial charge in [0.25, 0.3) is 0 Å². The summed E-state index contributed by atoms with van der Waals surface area (Å²) in [4.78, 5) is 0. The van der Waals surface area contributed by atoms with Crippen molar-refractivity contribution in [1.82, 2.24) is 14.8 Å². The van der Waals surface area contributed by atoms with Crippen molar-refractivity contribution in [3.8, 4) is 11.4 Å². The van der Waals surface area contributed by atoms with E-state index < -0.39 is 0 Å². The molecule has 2 rings (SSSR count). The fraction of sp³-hybridized carbons (Fsp3) is 0.200. The van der Waals surface area contributed by atoms with E-state index in [2.05, 4.69) is 10.2 Å². The molecule has 0 unspecified atom stereocenters. The molecular weight excluding hydrogens is 176 g/mol. The van der Waals surface area contributed by atoms with Crippen molar-refractivity contribution in [2.45, 2.75) is 6.92 Å². The fourth-order valence-corrected chi connectivity index (χ4v) is 1.49. The third kappa shape index (κ3) is 1.46. The van der Waals surface area contributed by atoms with Crippen LogP contribution >= 0.6 is 0 Å². The molecule has 2 aromatic rings. The Hall–Kier alpha value is -1.84. The minimum Gasteiger partial charge on any atom is -0.399 e. The number of aryl methyl sites for hydroxylation is 2. The highest BCUT2D eigenvalue weighted by Gasteiger charge is 2.05. The van der Waals surface area contributed by atoms with Gasteiger partial charge in [-0.25, -0.2) is 0 Å². The van der Waals surface area contributed by atoms with Gasteiger partial charge in [0.2, 0.25) is 0 Å². The highest BCUT2D eigenvalue weighted by Crippen LogP contribution is 2.20. The third-order valence-electron chi connectivity index (χ3n) is 2.07. The standard InChI is InChI=1S/C10H12N4/c1-7-3-8(5-9(11)4-7)10-13-12-6-14(10)2/h3-6H,11H2,1-2H3. The van der Waals surface area contributed by atoms with Gasteiger partial charge >= 0.3 is 0 Å². The first kappa shape index (κ1) is 8.74. The van der Waals surface area contributed by atoms with Crippen molar-refractivity contribution < 1.29 is 0 Å². The van der Waals surface area contributed by atoms with Crippen LogP contribution in [-0.4, -0.2) is 14.8 Å². The maximum absolute atomic E-state index is 5.76. The van der Waals surface area contributed by atoms with Crippen LogP contribution in [0.4, 0.5) is 5.69 Å². The van der Waals surface area contributed by atoms with Gasteiger partial charge in [0, 0.05) is 18.3 Å². The van der Waals surface area contributed by atoms with Crippen LogP contribution in [0.5, 0.6) is 0 Å². The van der Waals surface area contributed by atoms with Crippen molar-refractivity contribution in [2.24, 2.45) is 7.05 Å². The number of nitrogens with zero attached hydrogens (tertiary/aromatic N) is 3. The minimum atomic E-state index is 0.753. The monoisotopic (exact) mass is 188 g/mol. The number of benzene rings is 1. The molecular formula is C10H12N4. The van der Waals surface area contributed by atoms with Gasteiger partial charge < -0.3 is 10.3 Å². The van der Waals surface area contributed by atoms with Crippen LogP contribution in [-0.2, 0) is 7.05 Å². The van der Waals surface area contributed by atoms with Crippen molar-refractivity contribution in [3.05, 3.63) is 30.1 Å². The summed E-state index contributed by atoms with van der Waals surface area (Å²) in [5.41, 5.74) is 8.64. The van der Waals surface area contributed by atoms with Crippen LogP contribution in [0.3, 0.4) is 0 Å². The Morgan fingerprint density at radius 1 is 1.29 bits per heavy atom. The Labute approximate surface area is 82.4 Å². The van der Waals surface area contributed by atoms with Crippen LogP contribution < -0.4 is 5.73 Å². The number of nitrogen functional groups attached to an aromatic ring is 1. The quantitative estimate of drug-likeness (QED) is 0.688. The lowest BCUT2D eigenvalue weighted by molar-refractivity contribution is 0.919. The fourth-order valence-electron chi connectivity index (χ4n) is 1.49. The largest absolute Gasteiger partial charge is 0.399 e. The third-order valence-corrected chi connectivity index (χ3v) is 2.07. The topological polar surface area (TPSA) is 56.7 Å². The summed E-state index contributed by atoms with van der Waals surface area (Å²) in [6, 6.07) is 5.87. The van der Waals surface area contributed by atoms with E-state index in [0.717, 1.165) is 22.6 Å². The predicted molar refractivity (Wildman–Crippen MR) is 55.6 cm³/mol. The van der Waals surface area contributed by atoms with Gasteiger partial charge in [0.05, 0.1) is 0 Å². The van der Waals surface area contributed by atoms with E-state index in [-0.39, 0.29) is 0 Å². The van der Waals surface area contributed by atoms with Gasteiger partial charge in [-0.2, -0.15) is 0 Å². The van der Waals surface area contributed by atoms with Crippen LogP contribution in [0.25, 0.3) is 11.4 Å². The number of hydrogen-bond acceptors (Lipinski definition) is 3. The Balaban J connectivity index is 2.57. The van der Waals surface area contributed by atoms with Crippen LogP contribution in [0.2, 0.25) is 0 Å². The lowest BCUT2D eigenvalue weighted by Crippen LogP contribution is -1.93. The number of anilines is 1. The Kier molecular flexibility index (Phi) is 1.96. The van der Waals surface area contributed by atoms with Gasteiger partial charge in [0.1, 0.15) is 6.33 Å². The van der Waals surface area contributed by atoms with Crippen LogP contribution in [0.1, 0.15) is 5.56 Å². The molecule has 0 saturated carbocycles. The molecule has 1 aromatic heterocycles. The number of aromatic nitrogens is 3. The van der Waals surface area contributed by atoms with E-state index in [1.165, 1.54) is 0 Å². The maximum Gasteiger partial charge on any atom is 0.163 e. The number of hydrogen-bond donors (Lipinski definition) is 1. The zero-order valence-electron chi connectivity index (χ0n) is 8.23. The van der Waals surface area contributed by atoms with Crippen molar-refractivity contribution in [3.63, 3.8) is 0 Å². The molecule has 0 radical (unpaired) electrons. The Morgan fingerprint density at radius 3 is 2.64 bits per heavy atom. The molecule has 1 heterocycles. The van der Waals surface area contributed by atoms with Gasteiger partial charge in [-0.1, -0.05) is 0 Å². The molecule has 0 fully saturated rings. The smallest absolute Gasteiger partial charge is 0.163 e. The molecule has 4 nitrogen and oxygen atoms in total. The molecule has 72 valence electrons. The van der Waals surface area contributed by atoms with Crippen molar-refractivity contribution in [2.75, 3.05) is 5.73 Å². The molecule has 0 saturated heterocycles. The average Bonchev–Trinajstić information content (AvgIpc) is 2.49. The lowest BCUT2D eigenvalue weighted by atomic mass is 10.1. The molecule has 0 amide bonds. The molecule has 0 spiro atoms. The summed E-state index contributed by atoms with van der Waals surface area (Å²) in [5.74, 6) is 0.834. The summed E-state index contributed by atoms with van der Waals surface area (Å²) in [7, 11) is 1.91. The summed E-state index contributed by atoms with van der Waals surface area (Å²) in [6.45, 7) is 2.01. The van der Waals surface area contributed by atoms with Crippen LogP contribution in [0.15, 0.2) is 24.5 Å². The Morgan fingerprint density at radius 2 is 2.07 bits per heavy atom. The second-order valence-corrected chi connectivity index (χ2v) is 3.40. The maximum atomic E-state index is 5.76. The molecule has 1 aromatic carbocycles. The highest BCUT2D eigenvalue weighted by atomic mass is 15.2. The SMILES string of the molecule is Cc1cc(N)cc(-c2nncn2C)c1. The molecule has 0 bridgehead atoms. The van der Waals surface area contributed by atoms with Gasteiger partial charge in [-0.3, -0.25) is 0 Å². The van der Waals surface area contributed by atoms with E-state index >= 15 is 0 Å². The zero-order valence-corrected chi connectivity index (χ0v) is 8.23. The summed E-state index contributed by atoms with van der Waals surface area (Å²) < 4.78 is 1.87. The summed E-state index contributed by atoms with van der Waals surface area (Å²) in [5, 5.41) is 7.86. The zero-order chi connectivity index (χ0) is 10.1. The molecule has 4 heteroatoms. The summed E-state index contributed by atoms with van der Waals surface area (Å²) >= 11 is 0. The van der Waals surface area contributed by atoms with Gasteiger partial charge in [-0.05, 0) is 30.7 Å². The number of rotatable bonds is 1. The molecule has 0 aliphatic carbocycles. The normalized spacial score (nSPS) is 10.4. The van der Waals surface area contributed by atoms with Gasteiger partial charge in [-0.15, -0.1) is 10.2 Å². The Bertz CT molecular complexity index is 439. The predicted octanol–water partition coefficient (Wildman–Crippen LogP) is 1.37. The lowest BCUT2D eigenvalue weighted by Gasteiger charge is -2.03. The van der Waals surface area contributed by atoms with Crippen molar-refractivity contribution in [1.29, 1.82) is 0 Å². The molecule has 2 N–H and O–H groups in total. The average molecular weight is 188 g/mol. The second-order valence-electron chi connectivity index (χ2n) is 3.40. The molecule has 0 aliphatic rings. The van der Waals surface area contributed by atoms with E-state index in [9.17, 15) is 0 Å². The van der Waals surface area contributed by atoms with E-state index in [1.54, 1.807) is 6.33 Å². The first-order valence-corrected chi connectivity index (χ1v) is 4.38. The first-order chi connectivity index (χ1) is 6.66. The minimum absolute atomic E-state index is 0.753.